The maximum absolute atomic E-state index is 11.5. The fourth-order valence-electron chi connectivity index (χ4n) is 1.63. The lowest BCUT2D eigenvalue weighted by Gasteiger charge is -2.04. The highest BCUT2D eigenvalue weighted by Crippen LogP contribution is 2.05. The zero-order chi connectivity index (χ0) is 18.5. The summed E-state index contributed by atoms with van der Waals surface area (Å²) in [4.78, 5) is 29.7. The Hall–Kier alpha value is -3.18. The van der Waals surface area contributed by atoms with Crippen molar-refractivity contribution < 1.29 is 9.59 Å². The predicted octanol–water partition coefficient (Wildman–Crippen LogP) is -2.02. The van der Waals surface area contributed by atoms with Crippen molar-refractivity contribution in [3.05, 3.63) is 0 Å². The van der Waals surface area contributed by atoms with Crippen LogP contribution in [0.15, 0.2) is 9.98 Å². The fraction of sp³-hybridized carbons (Fsp3) is 0.500. The van der Waals surface area contributed by atoms with E-state index < -0.39 is 11.9 Å². The van der Waals surface area contributed by atoms with E-state index in [1.807, 2.05) is 0 Å². The van der Waals surface area contributed by atoms with E-state index in [9.17, 15) is 9.59 Å². The van der Waals surface area contributed by atoms with E-state index in [1.54, 1.807) is 0 Å². The smallest absolute Gasteiger partial charge is 0.226 e. The van der Waals surface area contributed by atoms with E-state index in [0.717, 1.165) is 12.8 Å². The largest absolute Gasteiger partial charge is 0.370 e. The molecule has 0 rings (SSSR count). The van der Waals surface area contributed by atoms with Crippen molar-refractivity contribution in [2.24, 2.45) is 32.9 Å². The summed E-state index contributed by atoms with van der Waals surface area (Å²) in [5, 5.41) is 19.0. The maximum Gasteiger partial charge on any atom is 0.226 e. The van der Waals surface area contributed by atoms with Crippen molar-refractivity contribution in [1.82, 2.24) is 10.6 Å². The van der Waals surface area contributed by atoms with Gasteiger partial charge in [0.1, 0.15) is 0 Å². The Labute approximate surface area is 139 Å². The minimum Gasteiger partial charge on any atom is -0.370 e. The lowest BCUT2D eigenvalue weighted by molar-refractivity contribution is -0.120. The predicted molar refractivity (Wildman–Crippen MR) is 91.1 cm³/mol. The molecule has 0 spiro atoms. The summed E-state index contributed by atoms with van der Waals surface area (Å²) in [6.45, 7) is 0. The van der Waals surface area contributed by atoms with Crippen LogP contribution in [0.2, 0.25) is 0 Å². The summed E-state index contributed by atoms with van der Waals surface area (Å²) >= 11 is 0. The first-order valence-corrected chi connectivity index (χ1v) is 7.16. The van der Waals surface area contributed by atoms with Crippen LogP contribution < -0.4 is 33.6 Å². The second-order valence-electron chi connectivity index (χ2n) is 4.78. The number of carbonyl (C=O) groups excluding carboxylic acids is 2. The Kier molecular flexibility index (Phi) is 9.89. The number of guanidine groups is 4. The topological polar surface area (TPSA) is 235 Å². The minimum absolute atomic E-state index is 0.226. The highest BCUT2D eigenvalue weighted by atomic mass is 16.2. The third kappa shape index (κ3) is 12.6. The fourth-order valence-corrected chi connectivity index (χ4v) is 1.63. The van der Waals surface area contributed by atoms with Gasteiger partial charge in [-0.3, -0.25) is 31.0 Å². The monoisotopic (exact) mass is 340 g/mol. The molecular weight excluding hydrogens is 316 g/mol. The molecule has 24 heavy (non-hydrogen) atoms. The van der Waals surface area contributed by atoms with Crippen LogP contribution in [0.5, 0.6) is 0 Å². The Balaban J connectivity index is 3.73. The molecule has 0 unspecified atom stereocenters. The summed E-state index contributed by atoms with van der Waals surface area (Å²) in [5.74, 6) is -2.11. The van der Waals surface area contributed by atoms with Gasteiger partial charge in [-0.25, -0.2) is 0 Å². The van der Waals surface area contributed by atoms with Crippen LogP contribution in [0.1, 0.15) is 38.5 Å². The number of hydrogen-bond donors (Lipinski definition) is 8. The molecule has 0 bridgehead atoms. The molecule has 0 atom stereocenters. The van der Waals surface area contributed by atoms with Crippen molar-refractivity contribution in [3.63, 3.8) is 0 Å². The molecule has 0 aromatic carbocycles. The van der Waals surface area contributed by atoms with Crippen LogP contribution in [-0.4, -0.2) is 35.7 Å². The summed E-state index contributed by atoms with van der Waals surface area (Å²) in [5.41, 5.74) is 20.3. The van der Waals surface area contributed by atoms with Crippen molar-refractivity contribution >= 4 is 35.7 Å². The average Bonchev–Trinajstić information content (AvgIpc) is 2.40. The average molecular weight is 340 g/mol. The van der Waals surface area contributed by atoms with Gasteiger partial charge in [0, 0.05) is 12.8 Å². The zero-order valence-electron chi connectivity index (χ0n) is 13.3. The molecule has 0 heterocycles. The number of rotatable bonds is 7. The molecule has 0 radical (unpaired) electrons. The molecule has 0 aromatic rings. The summed E-state index contributed by atoms with van der Waals surface area (Å²) in [6.07, 6.45) is 3.13. The first-order valence-electron chi connectivity index (χ1n) is 7.16. The molecule has 0 aliphatic carbocycles. The Morgan fingerprint density at radius 1 is 0.708 bits per heavy atom. The molecule has 134 valence electrons. The van der Waals surface area contributed by atoms with Crippen LogP contribution >= 0.6 is 0 Å². The van der Waals surface area contributed by atoms with Gasteiger partial charge in [-0.2, -0.15) is 9.98 Å². The Morgan fingerprint density at radius 3 is 1.33 bits per heavy atom. The lowest BCUT2D eigenvalue weighted by atomic mass is 10.1. The van der Waals surface area contributed by atoms with Crippen LogP contribution in [-0.2, 0) is 9.59 Å². The molecule has 12 nitrogen and oxygen atoms in total. The van der Waals surface area contributed by atoms with Gasteiger partial charge in [0.25, 0.3) is 0 Å². The highest BCUT2D eigenvalue weighted by molar-refractivity contribution is 6.01. The van der Waals surface area contributed by atoms with E-state index >= 15 is 0 Å². The van der Waals surface area contributed by atoms with Gasteiger partial charge in [-0.1, -0.05) is 12.8 Å². The number of aliphatic imine (C=N–C) groups is 2. The number of hydrogen-bond acceptors (Lipinski definition) is 4. The quantitative estimate of drug-likeness (QED) is 0.148. The molecule has 12 heteroatoms. The van der Waals surface area contributed by atoms with Crippen LogP contribution in [0.25, 0.3) is 0 Å². The van der Waals surface area contributed by atoms with E-state index in [0.29, 0.717) is 12.8 Å². The van der Waals surface area contributed by atoms with Crippen LogP contribution in [0.3, 0.4) is 0 Å². The molecular formula is C12H24N10O2. The lowest BCUT2D eigenvalue weighted by Crippen LogP contribution is -2.32. The normalized spacial score (nSPS) is 9.50. The molecule has 0 aliphatic heterocycles. The molecule has 0 aliphatic rings. The number of amides is 2. The van der Waals surface area contributed by atoms with Crippen molar-refractivity contribution in [1.29, 1.82) is 10.8 Å². The zero-order valence-corrected chi connectivity index (χ0v) is 13.3. The summed E-state index contributed by atoms with van der Waals surface area (Å²) in [6, 6.07) is 0. The van der Waals surface area contributed by atoms with E-state index in [2.05, 4.69) is 20.6 Å². The molecule has 0 fully saturated rings. The number of nitrogens with two attached hydrogens (primary N) is 4. The second kappa shape index (κ2) is 11.4. The van der Waals surface area contributed by atoms with Crippen molar-refractivity contribution in [2.45, 2.75) is 38.5 Å². The van der Waals surface area contributed by atoms with Crippen molar-refractivity contribution in [3.8, 4) is 0 Å². The minimum atomic E-state index is -0.403. The third-order valence-corrected chi connectivity index (χ3v) is 2.56. The Morgan fingerprint density at radius 2 is 1.04 bits per heavy atom. The standard InChI is InChI=1S/C12H24N10O2/c13-9(14)21-11(17)19-7(23)5-3-1-2-4-6-8(24)20-12(18)22-10(15)16/h1-6H2,(H6,13,14,17,19,21,23)(H6,15,16,18,20,22,24). The SMILES string of the molecule is N=C(N=C(N)N)NC(=O)CCCCCCC(=O)NC(=N)N=C(N)N. The molecule has 2 amide bonds. The molecule has 0 saturated carbocycles. The third-order valence-electron chi connectivity index (χ3n) is 2.56. The van der Waals surface area contributed by atoms with E-state index in [-0.39, 0.29) is 36.6 Å². The van der Waals surface area contributed by atoms with Crippen LogP contribution in [0, 0.1) is 10.8 Å². The van der Waals surface area contributed by atoms with Gasteiger partial charge in [0.05, 0.1) is 0 Å². The second-order valence-corrected chi connectivity index (χ2v) is 4.78. The van der Waals surface area contributed by atoms with Crippen LogP contribution in [0.4, 0.5) is 0 Å². The first kappa shape index (κ1) is 20.8. The van der Waals surface area contributed by atoms with Gasteiger partial charge < -0.3 is 22.9 Å². The first-order chi connectivity index (χ1) is 11.2. The van der Waals surface area contributed by atoms with E-state index in [4.69, 9.17) is 33.8 Å². The molecule has 0 saturated heterocycles. The summed E-state index contributed by atoms with van der Waals surface area (Å²) < 4.78 is 0. The summed E-state index contributed by atoms with van der Waals surface area (Å²) in [7, 11) is 0. The number of nitrogens with one attached hydrogen (secondary N) is 4. The molecule has 0 aromatic heterocycles. The van der Waals surface area contributed by atoms with E-state index in [1.165, 1.54) is 0 Å². The van der Waals surface area contributed by atoms with Gasteiger partial charge in [0.15, 0.2) is 11.9 Å². The maximum atomic E-state index is 11.5. The van der Waals surface area contributed by atoms with Crippen molar-refractivity contribution in [2.75, 3.05) is 0 Å². The molecule has 12 N–H and O–H groups in total. The van der Waals surface area contributed by atoms with Gasteiger partial charge in [-0.05, 0) is 12.8 Å². The highest BCUT2D eigenvalue weighted by Gasteiger charge is 2.06. The van der Waals surface area contributed by atoms with Gasteiger partial charge in [0.2, 0.25) is 23.7 Å². The number of nitrogens with zero attached hydrogens (tertiary/aromatic N) is 2. The van der Waals surface area contributed by atoms with Gasteiger partial charge in [-0.15, -0.1) is 0 Å². The Bertz CT molecular complexity index is 484. The van der Waals surface area contributed by atoms with Gasteiger partial charge >= 0.3 is 0 Å². The number of unbranched alkanes of at least 4 members (excludes halogenated alkanes) is 3. The number of carbonyl (C=O) groups is 2.